The second-order valence-corrected chi connectivity index (χ2v) is 5.56. The fraction of sp³-hybridized carbons (Fsp3) is 0.923. The first-order valence-electron chi connectivity index (χ1n) is 6.50. The monoisotopic (exact) mass is 242 g/mol. The van der Waals surface area contributed by atoms with Crippen molar-refractivity contribution in [2.45, 2.75) is 45.7 Å². The molecule has 1 aliphatic carbocycles. The molecule has 100 valence electrons. The average molecular weight is 242 g/mol. The second-order valence-electron chi connectivity index (χ2n) is 5.56. The Morgan fingerprint density at radius 1 is 1.41 bits per heavy atom. The van der Waals surface area contributed by atoms with Gasteiger partial charge in [0.15, 0.2) is 0 Å². The van der Waals surface area contributed by atoms with Gasteiger partial charge in [-0.25, -0.2) is 0 Å². The van der Waals surface area contributed by atoms with Crippen LogP contribution in [0.15, 0.2) is 0 Å². The van der Waals surface area contributed by atoms with Gasteiger partial charge in [-0.2, -0.15) is 0 Å². The number of methoxy groups -OCH3 is 1. The van der Waals surface area contributed by atoms with Crippen molar-refractivity contribution in [2.24, 2.45) is 23.5 Å². The number of carbonyl (C=O) groups excluding carboxylic acids is 1. The molecule has 0 radical (unpaired) electrons. The molecule has 1 amide bonds. The summed E-state index contributed by atoms with van der Waals surface area (Å²) in [4.78, 5) is 12.1. The van der Waals surface area contributed by atoms with Crippen molar-refractivity contribution in [1.82, 2.24) is 5.32 Å². The maximum Gasteiger partial charge on any atom is 0.223 e. The minimum absolute atomic E-state index is 0.0560. The molecule has 17 heavy (non-hydrogen) atoms. The van der Waals surface area contributed by atoms with E-state index in [-0.39, 0.29) is 23.9 Å². The third kappa shape index (κ3) is 3.96. The highest BCUT2D eigenvalue weighted by molar-refractivity contribution is 5.79. The first kappa shape index (κ1) is 14.5. The number of carbonyl (C=O) groups is 1. The van der Waals surface area contributed by atoms with E-state index in [1.807, 2.05) is 6.92 Å². The molecular formula is C13H26N2O2. The number of nitrogens with two attached hydrogens (primary N) is 1. The van der Waals surface area contributed by atoms with Gasteiger partial charge in [-0.05, 0) is 31.6 Å². The molecule has 4 heteroatoms. The van der Waals surface area contributed by atoms with Crippen LogP contribution in [0.3, 0.4) is 0 Å². The van der Waals surface area contributed by atoms with Crippen molar-refractivity contribution in [3.05, 3.63) is 0 Å². The van der Waals surface area contributed by atoms with Gasteiger partial charge < -0.3 is 15.8 Å². The zero-order valence-electron chi connectivity index (χ0n) is 11.4. The lowest BCUT2D eigenvalue weighted by molar-refractivity contribution is -0.129. The standard InChI is InChI=1S/C13H26N2O2/c1-8-5-9(2)12(14)6-11(8)13(16)15-10(3)7-17-4/h8-12H,5-7,14H2,1-4H3,(H,15,16). The Labute approximate surface area is 104 Å². The first-order chi connectivity index (χ1) is 7.95. The van der Waals surface area contributed by atoms with Gasteiger partial charge in [0.1, 0.15) is 0 Å². The molecule has 0 saturated heterocycles. The molecule has 0 spiro atoms. The Morgan fingerprint density at radius 2 is 2.06 bits per heavy atom. The Hall–Kier alpha value is -0.610. The number of hydrogen-bond acceptors (Lipinski definition) is 3. The Bertz CT molecular complexity index is 258. The third-order valence-electron chi connectivity index (χ3n) is 3.83. The molecule has 0 heterocycles. The predicted octanol–water partition coefficient (Wildman–Crippen LogP) is 1.15. The fourth-order valence-electron chi connectivity index (χ4n) is 2.69. The van der Waals surface area contributed by atoms with Crippen molar-refractivity contribution in [3.8, 4) is 0 Å². The molecule has 1 fully saturated rings. The SMILES string of the molecule is COCC(C)NC(=O)C1CC(N)C(C)CC1C. The van der Waals surface area contributed by atoms with E-state index in [1.54, 1.807) is 7.11 Å². The zero-order valence-corrected chi connectivity index (χ0v) is 11.4. The van der Waals surface area contributed by atoms with Crippen LogP contribution >= 0.6 is 0 Å². The van der Waals surface area contributed by atoms with E-state index >= 15 is 0 Å². The smallest absolute Gasteiger partial charge is 0.223 e. The van der Waals surface area contributed by atoms with Crippen LogP contribution in [0, 0.1) is 17.8 Å². The van der Waals surface area contributed by atoms with Gasteiger partial charge in [0.25, 0.3) is 0 Å². The second kappa shape index (κ2) is 6.36. The maximum atomic E-state index is 12.1. The molecule has 4 nitrogen and oxygen atoms in total. The van der Waals surface area contributed by atoms with Crippen LogP contribution in [0.4, 0.5) is 0 Å². The number of amides is 1. The summed E-state index contributed by atoms with van der Waals surface area (Å²) in [6.07, 6.45) is 1.84. The lowest BCUT2D eigenvalue weighted by atomic mass is 9.72. The summed E-state index contributed by atoms with van der Waals surface area (Å²) in [5.74, 6) is 1.12. The fourth-order valence-corrected chi connectivity index (χ4v) is 2.69. The molecule has 5 unspecified atom stereocenters. The number of rotatable bonds is 4. The van der Waals surface area contributed by atoms with Gasteiger partial charge in [0.2, 0.25) is 5.91 Å². The van der Waals surface area contributed by atoms with E-state index in [4.69, 9.17) is 10.5 Å². The van der Waals surface area contributed by atoms with Crippen LogP contribution in [-0.4, -0.2) is 31.7 Å². The quantitative estimate of drug-likeness (QED) is 0.777. The summed E-state index contributed by atoms with van der Waals surface area (Å²) < 4.78 is 5.02. The highest BCUT2D eigenvalue weighted by Crippen LogP contribution is 2.32. The molecule has 0 bridgehead atoms. The molecule has 3 N–H and O–H groups in total. The van der Waals surface area contributed by atoms with E-state index < -0.39 is 0 Å². The van der Waals surface area contributed by atoms with Crippen LogP contribution in [-0.2, 0) is 9.53 Å². The van der Waals surface area contributed by atoms with Crippen LogP contribution < -0.4 is 11.1 Å². The molecule has 0 aromatic rings. The summed E-state index contributed by atoms with van der Waals surface area (Å²) in [6, 6.07) is 0.218. The molecule has 5 atom stereocenters. The lowest BCUT2D eigenvalue weighted by Gasteiger charge is -2.36. The molecule has 0 aromatic carbocycles. The van der Waals surface area contributed by atoms with Gasteiger partial charge in [0, 0.05) is 25.1 Å². The van der Waals surface area contributed by atoms with Gasteiger partial charge in [-0.3, -0.25) is 4.79 Å². The normalized spacial score (nSPS) is 35.4. The van der Waals surface area contributed by atoms with Gasteiger partial charge in [-0.15, -0.1) is 0 Å². The number of nitrogens with one attached hydrogen (secondary N) is 1. The van der Waals surface area contributed by atoms with Crippen molar-refractivity contribution in [1.29, 1.82) is 0 Å². The molecular weight excluding hydrogens is 216 g/mol. The van der Waals surface area contributed by atoms with Crippen LogP contribution in [0.1, 0.15) is 33.6 Å². The average Bonchev–Trinajstić information content (AvgIpc) is 2.23. The van der Waals surface area contributed by atoms with E-state index in [2.05, 4.69) is 19.2 Å². The minimum Gasteiger partial charge on any atom is -0.383 e. The molecule has 1 saturated carbocycles. The van der Waals surface area contributed by atoms with Gasteiger partial charge >= 0.3 is 0 Å². The number of hydrogen-bond donors (Lipinski definition) is 2. The molecule has 0 aromatic heterocycles. The Balaban J connectivity index is 2.51. The largest absolute Gasteiger partial charge is 0.383 e. The van der Waals surface area contributed by atoms with E-state index in [1.165, 1.54) is 0 Å². The highest BCUT2D eigenvalue weighted by atomic mass is 16.5. The summed E-state index contributed by atoms with van der Waals surface area (Å²) >= 11 is 0. The van der Waals surface area contributed by atoms with Gasteiger partial charge in [-0.1, -0.05) is 13.8 Å². The highest BCUT2D eigenvalue weighted by Gasteiger charge is 2.35. The summed E-state index contributed by atoms with van der Waals surface area (Å²) in [6.45, 7) is 6.82. The van der Waals surface area contributed by atoms with Crippen LogP contribution in [0.25, 0.3) is 0 Å². The van der Waals surface area contributed by atoms with Crippen molar-refractivity contribution >= 4 is 5.91 Å². The van der Waals surface area contributed by atoms with Gasteiger partial charge in [0.05, 0.1) is 6.61 Å². The van der Waals surface area contributed by atoms with Crippen molar-refractivity contribution < 1.29 is 9.53 Å². The van der Waals surface area contributed by atoms with Crippen molar-refractivity contribution in [2.75, 3.05) is 13.7 Å². The van der Waals surface area contributed by atoms with E-state index in [0.29, 0.717) is 18.4 Å². The van der Waals surface area contributed by atoms with E-state index in [0.717, 1.165) is 12.8 Å². The molecule has 1 rings (SSSR count). The predicted molar refractivity (Wildman–Crippen MR) is 68.5 cm³/mol. The van der Waals surface area contributed by atoms with Crippen LogP contribution in [0.2, 0.25) is 0 Å². The van der Waals surface area contributed by atoms with Crippen molar-refractivity contribution in [3.63, 3.8) is 0 Å². The topological polar surface area (TPSA) is 64.3 Å². The Morgan fingerprint density at radius 3 is 2.65 bits per heavy atom. The number of ether oxygens (including phenoxy) is 1. The Kier molecular flexibility index (Phi) is 5.40. The summed E-state index contributed by atoms with van der Waals surface area (Å²) in [5.41, 5.74) is 6.05. The summed E-state index contributed by atoms with van der Waals surface area (Å²) in [7, 11) is 1.64. The molecule has 1 aliphatic rings. The van der Waals surface area contributed by atoms with E-state index in [9.17, 15) is 4.79 Å². The third-order valence-corrected chi connectivity index (χ3v) is 3.83. The minimum atomic E-state index is 0.0560. The lowest BCUT2D eigenvalue weighted by Crippen LogP contribution is -2.47. The summed E-state index contributed by atoms with van der Waals surface area (Å²) in [5, 5.41) is 3.00. The molecule has 0 aliphatic heterocycles. The van der Waals surface area contributed by atoms with Crippen LogP contribution in [0.5, 0.6) is 0 Å². The maximum absolute atomic E-state index is 12.1. The zero-order chi connectivity index (χ0) is 13.0. The first-order valence-corrected chi connectivity index (χ1v) is 6.50.